The van der Waals surface area contributed by atoms with E-state index in [1.54, 1.807) is 7.11 Å². The average Bonchev–Trinajstić information content (AvgIpc) is 2.47. The first kappa shape index (κ1) is 12.9. The van der Waals surface area contributed by atoms with Crippen molar-refractivity contribution in [2.45, 2.75) is 31.8 Å². The van der Waals surface area contributed by atoms with Crippen molar-refractivity contribution >= 4 is 0 Å². The first-order valence-electron chi connectivity index (χ1n) is 7.35. The fourth-order valence-corrected chi connectivity index (χ4v) is 3.43. The molecule has 1 saturated heterocycles. The highest BCUT2D eigenvalue weighted by Gasteiger charge is 2.27. The zero-order valence-corrected chi connectivity index (χ0v) is 12.1. The molecule has 2 aliphatic rings. The Balaban J connectivity index is 1.74. The van der Waals surface area contributed by atoms with Gasteiger partial charge in [0.05, 0.1) is 7.11 Å². The maximum Gasteiger partial charge on any atom is 0.123 e. The van der Waals surface area contributed by atoms with E-state index in [-0.39, 0.29) is 0 Å². The van der Waals surface area contributed by atoms with E-state index in [0.717, 1.165) is 18.3 Å². The number of ether oxygens (including phenoxy) is 1. The second-order valence-electron chi connectivity index (χ2n) is 5.85. The van der Waals surface area contributed by atoms with Crippen LogP contribution in [0.2, 0.25) is 0 Å². The quantitative estimate of drug-likeness (QED) is 0.810. The van der Waals surface area contributed by atoms with Crippen molar-refractivity contribution in [2.24, 2.45) is 0 Å². The van der Waals surface area contributed by atoms with Gasteiger partial charge < -0.3 is 9.64 Å². The molecule has 1 aromatic rings. The average molecular weight is 260 g/mol. The van der Waals surface area contributed by atoms with Gasteiger partial charge in [0.25, 0.3) is 0 Å². The van der Waals surface area contributed by atoms with E-state index >= 15 is 0 Å². The Bertz CT molecular complexity index is 424. The van der Waals surface area contributed by atoms with Gasteiger partial charge in [-0.25, -0.2) is 0 Å². The standard InChI is InChI=1S/C16H24N2O/c1-17-9-7-14(8-10-17)18-11-6-13-4-3-5-16(19-2)15(13)12-18/h3-5,14H,6-12H2,1-2H3. The van der Waals surface area contributed by atoms with Crippen LogP contribution in [0.15, 0.2) is 18.2 Å². The Morgan fingerprint density at radius 3 is 2.68 bits per heavy atom. The minimum absolute atomic E-state index is 0.759. The van der Waals surface area contributed by atoms with Gasteiger partial charge in [0.15, 0.2) is 0 Å². The van der Waals surface area contributed by atoms with Gasteiger partial charge >= 0.3 is 0 Å². The molecule has 0 saturated carbocycles. The molecule has 1 aromatic carbocycles. The Morgan fingerprint density at radius 1 is 1.16 bits per heavy atom. The maximum absolute atomic E-state index is 5.53. The van der Waals surface area contributed by atoms with Gasteiger partial charge in [0.1, 0.15) is 5.75 Å². The number of hydrogen-bond donors (Lipinski definition) is 0. The number of likely N-dealkylation sites (tertiary alicyclic amines) is 1. The summed E-state index contributed by atoms with van der Waals surface area (Å²) in [5, 5.41) is 0. The summed E-state index contributed by atoms with van der Waals surface area (Å²) in [6.45, 7) is 4.74. The summed E-state index contributed by atoms with van der Waals surface area (Å²) in [6.07, 6.45) is 3.78. The van der Waals surface area contributed by atoms with Gasteiger partial charge in [-0.3, -0.25) is 4.90 Å². The Kier molecular flexibility index (Phi) is 3.76. The summed E-state index contributed by atoms with van der Waals surface area (Å²) < 4.78 is 5.53. The molecule has 0 atom stereocenters. The smallest absolute Gasteiger partial charge is 0.123 e. The van der Waals surface area contributed by atoms with E-state index in [9.17, 15) is 0 Å². The summed E-state index contributed by atoms with van der Waals surface area (Å²) in [7, 11) is 4.01. The van der Waals surface area contributed by atoms with E-state index in [1.165, 1.54) is 50.0 Å². The molecule has 3 heteroatoms. The molecule has 0 amide bonds. The molecule has 19 heavy (non-hydrogen) atoms. The zero-order valence-electron chi connectivity index (χ0n) is 12.1. The topological polar surface area (TPSA) is 15.7 Å². The van der Waals surface area contributed by atoms with Gasteiger partial charge in [-0.05, 0) is 51.0 Å². The van der Waals surface area contributed by atoms with Crippen LogP contribution in [0.25, 0.3) is 0 Å². The van der Waals surface area contributed by atoms with Crippen LogP contribution in [0, 0.1) is 0 Å². The van der Waals surface area contributed by atoms with Crippen molar-refractivity contribution in [3.05, 3.63) is 29.3 Å². The molecule has 104 valence electrons. The van der Waals surface area contributed by atoms with Gasteiger partial charge in [-0.1, -0.05) is 12.1 Å². The number of piperidine rings is 1. The van der Waals surface area contributed by atoms with Crippen LogP contribution < -0.4 is 4.74 Å². The number of hydrogen-bond acceptors (Lipinski definition) is 3. The molecule has 0 spiro atoms. The zero-order chi connectivity index (χ0) is 13.2. The van der Waals surface area contributed by atoms with Crippen LogP contribution in [0.4, 0.5) is 0 Å². The van der Waals surface area contributed by atoms with Crippen LogP contribution in [0.3, 0.4) is 0 Å². The Morgan fingerprint density at radius 2 is 1.95 bits per heavy atom. The van der Waals surface area contributed by atoms with Gasteiger partial charge in [0, 0.05) is 24.7 Å². The van der Waals surface area contributed by atoms with Gasteiger partial charge in [-0.2, -0.15) is 0 Å². The van der Waals surface area contributed by atoms with Gasteiger partial charge in [-0.15, -0.1) is 0 Å². The lowest BCUT2D eigenvalue weighted by molar-refractivity contribution is 0.108. The fourth-order valence-electron chi connectivity index (χ4n) is 3.43. The monoisotopic (exact) mass is 260 g/mol. The lowest BCUT2D eigenvalue weighted by Gasteiger charge is -2.40. The molecule has 0 aromatic heterocycles. The first-order chi connectivity index (χ1) is 9.28. The van der Waals surface area contributed by atoms with E-state index in [4.69, 9.17) is 4.74 Å². The lowest BCUT2D eigenvalue weighted by Crippen LogP contribution is -2.45. The third kappa shape index (κ3) is 2.63. The van der Waals surface area contributed by atoms with Crippen molar-refractivity contribution in [2.75, 3.05) is 33.8 Å². The van der Waals surface area contributed by atoms with Crippen LogP contribution >= 0.6 is 0 Å². The van der Waals surface area contributed by atoms with Crippen molar-refractivity contribution in [1.29, 1.82) is 0 Å². The maximum atomic E-state index is 5.53. The van der Waals surface area contributed by atoms with E-state index < -0.39 is 0 Å². The minimum Gasteiger partial charge on any atom is -0.496 e. The molecular weight excluding hydrogens is 236 g/mol. The largest absolute Gasteiger partial charge is 0.496 e. The molecule has 1 fully saturated rings. The minimum atomic E-state index is 0.759. The van der Waals surface area contributed by atoms with E-state index in [0.29, 0.717) is 0 Å². The molecular formula is C16H24N2O. The number of methoxy groups -OCH3 is 1. The fraction of sp³-hybridized carbons (Fsp3) is 0.625. The van der Waals surface area contributed by atoms with E-state index in [1.807, 2.05) is 0 Å². The highest BCUT2D eigenvalue weighted by atomic mass is 16.5. The van der Waals surface area contributed by atoms with Crippen molar-refractivity contribution in [1.82, 2.24) is 9.80 Å². The number of benzene rings is 1. The summed E-state index contributed by atoms with van der Waals surface area (Å²) in [6, 6.07) is 7.22. The van der Waals surface area contributed by atoms with Crippen LogP contribution in [-0.4, -0.2) is 49.6 Å². The normalized spacial score (nSPS) is 22.2. The molecule has 0 bridgehead atoms. The van der Waals surface area contributed by atoms with Crippen molar-refractivity contribution < 1.29 is 4.74 Å². The molecule has 3 nitrogen and oxygen atoms in total. The lowest BCUT2D eigenvalue weighted by atomic mass is 9.95. The third-order valence-corrected chi connectivity index (χ3v) is 4.68. The third-order valence-electron chi connectivity index (χ3n) is 4.68. The summed E-state index contributed by atoms with van der Waals surface area (Å²) in [5.41, 5.74) is 2.89. The second-order valence-corrected chi connectivity index (χ2v) is 5.85. The molecule has 3 rings (SSSR count). The highest BCUT2D eigenvalue weighted by molar-refractivity contribution is 5.41. The molecule has 0 radical (unpaired) electrons. The summed E-state index contributed by atoms with van der Waals surface area (Å²) in [4.78, 5) is 5.10. The SMILES string of the molecule is COc1cccc2c1CN(C1CCN(C)CC1)CC2. The van der Waals surface area contributed by atoms with Crippen LogP contribution in [0.5, 0.6) is 5.75 Å². The number of nitrogens with zero attached hydrogens (tertiary/aromatic N) is 2. The van der Waals surface area contributed by atoms with Crippen LogP contribution in [-0.2, 0) is 13.0 Å². The molecule has 0 aliphatic carbocycles. The summed E-state index contributed by atoms with van der Waals surface area (Å²) in [5.74, 6) is 1.06. The molecule has 0 unspecified atom stereocenters. The van der Waals surface area contributed by atoms with Crippen molar-refractivity contribution in [3.8, 4) is 5.75 Å². The predicted octanol–water partition coefficient (Wildman–Crippen LogP) is 2.15. The molecule has 2 aliphatic heterocycles. The summed E-state index contributed by atoms with van der Waals surface area (Å²) >= 11 is 0. The highest BCUT2D eigenvalue weighted by Crippen LogP contribution is 2.30. The first-order valence-corrected chi connectivity index (χ1v) is 7.35. The Labute approximate surface area is 116 Å². The van der Waals surface area contributed by atoms with Crippen LogP contribution in [0.1, 0.15) is 24.0 Å². The molecule has 0 N–H and O–H groups in total. The van der Waals surface area contributed by atoms with Gasteiger partial charge in [0.2, 0.25) is 0 Å². The number of fused-ring (bicyclic) bond motifs is 1. The Hall–Kier alpha value is -1.06. The predicted molar refractivity (Wildman–Crippen MR) is 77.6 cm³/mol. The van der Waals surface area contributed by atoms with Crippen molar-refractivity contribution in [3.63, 3.8) is 0 Å². The number of rotatable bonds is 2. The molecule has 2 heterocycles. The second kappa shape index (κ2) is 5.51. The van der Waals surface area contributed by atoms with E-state index in [2.05, 4.69) is 35.0 Å².